The van der Waals surface area contributed by atoms with Gasteiger partial charge in [-0.05, 0) is 48.7 Å². The fourth-order valence-electron chi connectivity index (χ4n) is 3.30. The van der Waals surface area contributed by atoms with E-state index in [1.807, 2.05) is 13.8 Å². The molecule has 1 unspecified atom stereocenters. The van der Waals surface area contributed by atoms with Crippen LogP contribution in [0.15, 0.2) is 46.9 Å². The maximum absolute atomic E-state index is 13.5. The highest BCUT2D eigenvalue weighted by Crippen LogP contribution is 2.36. The van der Waals surface area contributed by atoms with Crippen LogP contribution in [0, 0.1) is 5.92 Å². The summed E-state index contributed by atoms with van der Waals surface area (Å²) in [6.45, 7) is 4.75. The number of carbonyl (C=O) groups excluding carboxylic acids is 2. The standard InChI is InChI=1S/C24H28BrClF3N3O4S/c1-15(2)12-30-23(34)16(3)31(13-17-5-8-19(25)9-6-17)22(33)14-32(37(4,35)36)21-11-18(24(27,28)29)7-10-20(21)26/h5-11,15-16H,12-14H2,1-4H3,(H,30,34). The molecule has 2 aromatic carbocycles. The molecule has 2 rings (SSSR count). The number of nitrogens with zero attached hydrogens (tertiary/aromatic N) is 2. The van der Waals surface area contributed by atoms with Gasteiger partial charge in [0, 0.05) is 17.6 Å². The zero-order valence-electron chi connectivity index (χ0n) is 20.6. The first kappa shape index (κ1) is 30.9. The van der Waals surface area contributed by atoms with Crippen LogP contribution in [0.5, 0.6) is 0 Å². The molecular formula is C24H28BrClF3N3O4S. The zero-order valence-corrected chi connectivity index (χ0v) is 23.8. The highest BCUT2D eigenvalue weighted by molar-refractivity contribution is 9.10. The molecule has 7 nitrogen and oxygen atoms in total. The summed E-state index contributed by atoms with van der Waals surface area (Å²) < 4.78 is 66.5. The van der Waals surface area contributed by atoms with E-state index in [1.54, 1.807) is 24.3 Å². The quantitative estimate of drug-likeness (QED) is 0.399. The van der Waals surface area contributed by atoms with Gasteiger partial charge in [0.1, 0.15) is 12.6 Å². The van der Waals surface area contributed by atoms with Gasteiger partial charge in [0.2, 0.25) is 21.8 Å². The molecule has 0 heterocycles. The molecule has 1 atom stereocenters. The molecule has 0 radical (unpaired) electrons. The Kier molecular flexibility index (Phi) is 10.4. The Morgan fingerprint density at radius 1 is 1.08 bits per heavy atom. The Bertz CT molecular complexity index is 1220. The van der Waals surface area contributed by atoms with Crippen LogP contribution in [0.1, 0.15) is 31.9 Å². The fourth-order valence-corrected chi connectivity index (χ4v) is 4.68. The average molecular weight is 627 g/mol. The minimum absolute atomic E-state index is 0.0453. The molecule has 204 valence electrons. The number of nitrogens with one attached hydrogen (secondary N) is 1. The third kappa shape index (κ3) is 8.89. The van der Waals surface area contributed by atoms with Crippen molar-refractivity contribution in [2.45, 2.75) is 39.5 Å². The number of hydrogen-bond donors (Lipinski definition) is 1. The predicted octanol–water partition coefficient (Wildman–Crippen LogP) is 5.08. The highest BCUT2D eigenvalue weighted by atomic mass is 79.9. The second kappa shape index (κ2) is 12.5. The van der Waals surface area contributed by atoms with Crippen LogP contribution in [0.3, 0.4) is 0 Å². The first-order valence-electron chi connectivity index (χ1n) is 11.2. The minimum Gasteiger partial charge on any atom is -0.354 e. The number of amides is 2. The Balaban J connectivity index is 2.47. The molecule has 2 aromatic rings. The Labute approximate surface area is 228 Å². The van der Waals surface area contributed by atoms with E-state index in [4.69, 9.17) is 11.6 Å². The van der Waals surface area contributed by atoms with Gasteiger partial charge in [-0.25, -0.2) is 8.42 Å². The molecule has 0 saturated carbocycles. The molecule has 0 aliphatic heterocycles. The van der Waals surface area contributed by atoms with E-state index in [0.717, 1.165) is 22.9 Å². The molecule has 0 spiro atoms. The van der Waals surface area contributed by atoms with Gasteiger partial charge in [0.15, 0.2) is 0 Å². The number of hydrogen-bond acceptors (Lipinski definition) is 4. The van der Waals surface area contributed by atoms with Crippen LogP contribution in [0.4, 0.5) is 18.9 Å². The van der Waals surface area contributed by atoms with E-state index in [2.05, 4.69) is 21.2 Å². The normalized spacial score (nSPS) is 12.8. The van der Waals surface area contributed by atoms with E-state index in [-0.39, 0.29) is 17.5 Å². The van der Waals surface area contributed by atoms with Crippen molar-refractivity contribution < 1.29 is 31.2 Å². The van der Waals surface area contributed by atoms with Crippen LogP contribution in [0.25, 0.3) is 0 Å². The molecule has 37 heavy (non-hydrogen) atoms. The minimum atomic E-state index is -4.76. The van der Waals surface area contributed by atoms with Crippen molar-refractivity contribution in [3.05, 3.63) is 63.1 Å². The molecule has 0 fully saturated rings. The summed E-state index contributed by atoms with van der Waals surface area (Å²) in [4.78, 5) is 27.5. The van der Waals surface area contributed by atoms with E-state index >= 15 is 0 Å². The Hall–Kier alpha value is -2.31. The summed E-state index contributed by atoms with van der Waals surface area (Å²) in [5.41, 5.74) is -0.961. The summed E-state index contributed by atoms with van der Waals surface area (Å²) in [6, 6.07) is 8.14. The van der Waals surface area contributed by atoms with Gasteiger partial charge in [-0.3, -0.25) is 13.9 Å². The lowest BCUT2D eigenvalue weighted by atomic mass is 10.1. The van der Waals surface area contributed by atoms with E-state index in [1.165, 1.54) is 11.8 Å². The lowest BCUT2D eigenvalue weighted by Crippen LogP contribution is -2.51. The maximum atomic E-state index is 13.5. The first-order valence-corrected chi connectivity index (χ1v) is 14.2. The summed E-state index contributed by atoms with van der Waals surface area (Å²) in [6.07, 6.45) is -4.00. The van der Waals surface area contributed by atoms with Gasteiger partial charge < -0.3 is 10.2 Å². The summed E-state index contributed by atoms with van der Waals surface area (Å²) in [7, 11) is -4.25. The second-order valence-corrected chi connectivity index (χ2v) is 12.1. The van der Waals surface area contributed by atoms with Gasteiger partial charge >= 0.3 is 6.18 Å². The van der Waals surface area contributed by atoms with Gasteiger partial charge in [-0.1, -0.05) is 53.5 Å². The third-order valence-electron chi connectivity index (χ3n) is 5.34. The molecule has 1 N–H and O–H groups in total. The largest absolute Gasteiger partial charge is 0.416 e. The average Bonchev–Trinajstić information content (AvgIpc) is 2.79. The molecule has 2 amide bonds. The molecule has 0 aromatic heterocycles. The van der Waals surface area contributed by atoms with Crippen LogP contribution in [0.2, 0.25) is 5.02 Å². The van der Waals surface area contributed by atoms with Crippen molar-refractivity contribution >= 4 is 55.1 Å². The molecular weight excluding hydrogens is 599 g/mol. The van der Waals surface area contributed by atoms with Gasteiger partial charge in [-0.2, -0.15) is 13.2 Å². The van der Waals surface area contributed by atoms with Gasteiger partial charge in [0.25, 0.3) is 0 Å². The predicted molar refractivity (Wildman–Crippen MR) is 141 cm³/mol. The molecule has 0 aliphatic carbocycles. The number of halogens is 5. The summed E-state index contributed by atoms with van der Waals surface area (Å²) >= 11 is 9.39. The zero-order chi connectivity index (χ0) is 28.1. The number of alkyl halides is 3. The maximum Gasteiger partial charge on any atom is 0.416 e. The van der Waals surface area contributed by atoms with Crippen LogP contribution in [-0.2, 0) is 32.3 Å². The Morgan fingerprint density at radius 2 is 1.68 bits per heavy atom. The first-order chi connectivity index (χ1) is 17.0. The molecule has 0 aliphatic rings. The lowest BCUT2D eigenvalue weighted by molar-refractivity contribution is -0.139. The number of sulfonamides is 1. The monoisotopic (exact) mass is 625 g/mol. The fraction of sp³-hybridized carbons (Fsp3) is 0.417. The van der Waals surface area contributed by atoms with Crippen molar-refractivity contribution in [2.75, 3.05) is 23.7 Å². The van der Waals surface area contributed by atoms with Gasteiger partial charge in [0.05, 0.1) is 22.5 Å². The summed E-state index contributed by atoms with van der Waals surface area (Å²) in [5, 5.41) is 2.46. The number of benzene rings is 2. The number of carbonyl (C=O) groups is 2. The van der Waals surface area contributed by atoms with Crippen LogP contribution >= 0.6 is 27.5 Å². The lowest BCUT2D eigenvalue weighted by Gasteiger charge is -2.32. The van der Waals surface area contributed by atoms with E-state index in [9.17, 15) is 31.2 Å². The number of rotatable bonds is 10. The van der Waals surface area contributed by atoms with Crippen molar-refractivity contribution in [2.24, 2.45) is 5.92 Å². The van der Waals surface area contributed by atoms with Crippen molar-refractivity contribution in [1.82, 2.24) is 10.2 Å². The van der Waals surface area contributed by atoms with E-state index in [0.29, 0.717) is 22.5 Å². The van der Waals surface area contributed by atoms with E-state index < -0.39 is 51.9 Å². The number of anilines is 1. The van der Waals surface area contributed by atoms with Crippen molar-refractivity contribution in [3.63, 3.8) is 0 Å². The summed E-state index contributed by atoms with van der Waals surface area (Å²) in [5.74, 6) is -1.10. The smallest absolute Gasteiger partial charge is 0.354 e. The molecule has 0 bridgehead atoms. The topological polar surface area (TPSA) is 86.8 Å². The van der Waals surface area contributed by atoms with Crippen LogP contribution in [-0.4, -0.2) is 50.5 Å². The highest BCUT2D eigenvalue weighted by Gasteiger charge is 2.34. The Morgan fingerprint density at radius 3 is 2.19 bits per heavy atom. The molecule has 13 heteroatoms. The molecule has 0 saturated heterocycles. The van der Waals surface area contributed by atoms with Crippen molar-refractivity contribution in [1.29, 1.82) is 0 Å². The van der Waals surface area contributed by atoms with Crippen molar-refractivity contribution in [3.8, 4) is 0 Å². The second-order valence-electron chi connectivity index (χ2n) is 8.90. The van der Waals surface area contributed by atoms with Crippen LogP contribution < -0.4 is 9.62 Å². The third-order valence-corrected chi connectivity index (χ3v) is 7.31. The SMILES string of the molecule is CC(C)CNC(=O)C(C)N(Cc1ccc(Br)cc1)C(=O)CN(c1cc(C(F)(F)F)ccc1Cl)S(C)(=O)=O. The van der Waals surface area contributed by atoms with Gasteiger partial charge in [-0.15, -0.1) is 0 Å².